The van der Waals surface area contributed by atoms with Crippen molar-refractivity contribution in [2.45, 2.75) is 79.4 Å². The predicted octanol–water partition coefficient (Wildman–Crippen LogP) is 5.85. The van der Waals surface area contributed by atoms with E-state index in [-0.39, 0.29) is 34.3 Å². The Hall–Kier alpha value is -2.45. The van der Waals surface area contributed by atoms with Gasteiger partial charge in [0, 0.05) is 12.1 Å². The number of benzene rings is 1. The Morgan fingerprint density at radius 1 is 1.11 bits per heavy atom. The van der Waals surface area contributed by atoms with E-state index in [4.69, 9.17) is 13.8 Å². The molecule has 0 radical (unpaired) electrons. The van der Waals surface area contributed by atoms with Crippen LogP contribution < -0.4 is 5.30 Å². The van der Waals surface area contributed by atoms with Crippen molar-refractivity contribution in [2.75, 3.05) is 7.11 Å². The summed E-state index contributed by atoms with van der Waals surface area (Å²) in [4.78, 5) is 40.6. The van der Waals surface area contributed by atoms with Gasteiger partial charge in [0.2, 0.25) is 5.30 Å². The summed E-state index contributed by atoms with van der Waals surface area (Å²) in [6.45, 7) is 11.1. The zero-order valence-electron chi connectivity index (χ0n) is 21.5. The van der Waals surface area contributed by atoms with Gasteiger partial charge in [-0.15, -0.1) is 0 Å². The maximum absolute atomic E-state index is 12.9. The summed E-state index contributed by atoms with van der Waals surface area (Å²) >= 11 is 0. The van der Waals surface area contributed by atoms with E-state index in [1.165, 1.54) is 25.3 Å². The van der Waals surface area contributed by atoms with Crippen molar-refractivity contribution in [3.05, 3.63) is 51.3 Å². The molecule has 0 saturated heterocycles. The Labute approximate surface area is 207 Å². The molecule has 0 aliphatic carbocycles. The van der Waals surface area contributed by atoms with Crippen LogP contribution in [-0.2, 0) is 13.8 Å². The average Bonchev–Trinajstić information content (AvgIpc) is 2.78. The molecular formula is C25H36N2O7P+. The molecule has 0 amide bonds. The summed E-state index contributed by atoms with van der Waals surface area (Å²) in [6.07, 6.45) is 2.36. The third-order valence-electron chi connectivity index (χ3n) is 5.58. The van der Waals surface area contributed by atoms with Crippen molar-refractivity contribution < 1.29 is 28.4 Å². The van der Waals surface area contributed by atoms with Gasteiger partial charge in [-0.3, -0.25) is 15.1 Å². The number of nitrogens with zero attached hydrogens (tertiary/aromatic N) is 2. The van der Waals surface area contributed by atoms with Crippen LogP contribution in [0, 0.1) is 24.0 Å². The molecule has 2 rings (SSSR count). The molecule has 2 unspecified atom stereocenters. The number of nitro groups is 1. The van der Waals surface area contributed by atoms with Crippen LogP contribution in [0.4, 0.5) is 5.69 Å². The monoisotopic (exact) mass is 507 g/mol. The van der Waals surface area contributed by atoms with Crippen molar-refractivity contribution in [1.29, 1.82) is 0 Å². The number of rotatable bonds is 12. The molecule has 1 aromatic carbocycles. The van der Waals surface area contributed by atoms with Crippen molar-refractivity contribution in [1.82, 2.24) is 4.98 Å². The van der Waals surface area contributed by atoms with Crippen LogP contribution in [0.15, 0.2) is 24.3 Å². The summed E-state index contributed by atoms with van der Waals surface area (Å²) in [5.74, 6) is -0.674. The van der Waals surface area contributed by atoms with E-state index in [0.717, 1.165) is 12.8 Å². The van der Waals surface area contributed by atoms with E-state index in [1.54, 1.807) is 19.9 Å². The fourth-order valence-corrected chi connectivity index (χ4v) is 6.56. The minimum absolute atomic E-state index is 0.102. The fourth-order valence-electron chi connectivity index (χ4n) is 4.13. The Morgan fingerprint density at radius 3 is 2.17 bits per heavy atom. The van der Waals surface area contributed by atoms with Gasteiger partial charge in [0.1, 0.15) is 12.2 Å². The second-order valence-electron chi connectivity index (χ2n) is 8.61. The van der Waals surface area contributed by atoms with Crippen LogP contribution in [0.3, 0.4) is 0 Å². The summed E-state index contributed by atoms with van der Waals surface area (Å²) in [5.41, 5.74) is 1.37. The first kappa shape index (κ1) is 28.8. The SMILES string of the molecule is CCCC(C)O[P+](O)(OC(C)CCC)c1c(C)nc(C)c(C(=O)OC)c1-c1cccc([N+](=O)[O-])c1. The number of methoxy groups -OCH3 is 1. The smallest absolute Gasteiger partial charge is 0.449 e. The first-order chi connectivity index (χ1) is 16.5. The maximum Gasteiger partial charge on any atom is 0.449 e. The molecule has 9 nitrogen and oxygen atoms in total. The number of aromatic nitrogens is 1. The maximum atomic E-state index is 12.9. The lowest BCUT2D eigenvalue weighted by Gasteiger charge is -2.26. The van der Waals surface area contributed by atoms with Gasteiger partial charge in [0.25, 0.3) is 5.69 Å². The first-order valence-corrected chi connectivity index (χ1v) is 13.4. The highest BCUT2D eigenvalue weighted by Crippen LogP contribution is 2.61. The van der Waals surface area contributed by atoms with Crippen LogP contribution in [0.25, 0.3) is 11.1 Å². The number of carbonyl (C=O) groups is 1. The Bertz CT molecular complexity index is 1050. The van der Waals surface area contributed by atoms with Crippen LogP contribution in [0.1, 0.15) is 75.1 Å². The minimum Gasteiger partial charge on any atom is -0.465 e. The van der Waals surface area contributed by atoms with Gasteiger partial charge in [0.15, 0.2) is 0 Å². The highest BCUT2D eigenvalue weighted by Gasteiger charge is 2.52. The Morgan fingerprint density at radius 2 is 1.69 bits per heavy atom. The average molecular weight is 508 g/mol. The number of aryl methyl sites for hydroxylation is 2. The molecule has 10 heteroatoms. The summed E-state index contributed by atoms with van der Waals surface area (Å²) < 4.78 is 17.5. The zero-order chi connectivity index (χ0) is 26.3. The molecule has 0 spiro atoms. The Balaban J connectivity index is 2.95. The molecule has 0 bridgehead atoms. The summed E-state index contributed by atoms with van der Waals surface area (Å²) in [6, 6.07) is 5.90. The molecule has 192 valence electrons. The van der Waals surface area contributed by atoms with Gasteiger partial charge in [0.05, 0.1) is 34.5 Å². The number of pyridine rings is 1. The lowest BCUT2D eigenvalue weighted by molar-refractivity contribution is -0.384. The Kier molecular flexibility index (Phi) is 10.3. The van der Waals surface area contributed by atoms with E-state index in [9.17, 15) is 19.8 Å². The van der Waals surface area contributed by atoms with E-state index < -0.39 is 18.8 Å². The molecule has 1 heterocycles. The minimum atomic E-state index is -3.81. The van der Waals surface area contributed by atoms with Crippen molar-refractivity contribution in [3.8, 4) is 11.1 Å². The highest BCUT2D eigenvalue weighted by molar-refractivity contribution is 7.69. The second-order valence-corrected chi connectivity index (χ2v) is 10.5. The number of nitro benzene ring substituents is 1. The molecule has 1 N–H and O–H groups in total. The first-order valence-electron chi connectivity index (χ1n) is 11.8. The van der Waals surface area contributed by atoms with Crippen LogP contribution in [-0.4, -0.2) is 40.1 Å². The molecule has 0 fully saturated rings. The van der Waals surface area contributed by atoms with E-state index in [1.807, 2.05) is 27.7 Å². The number of ether oxygens (including phenoxy) is 1. The highest BCUT2D eigenvalue weighted by atomic mass is 31.2. The van der Waals surface area contributed by atoms with Gasteiger partial charge < -0.3 is 4.74 Å². The van der Waals surface area contributed by atoms with Crippen molar-refractivity contribution in [3.63, 3.8) is 0 Å². The lowest BCUT2D eigenvalue weighted by atomic mass is 9.97. The molecule has 0 saturated carbocycles. The molecule has 1 aromatic heterocycles. The summed E-state index contributed by atoms with van der Waals surface area (Å²) in [5, 5.41) is 11.8. The van der Waals surface area contributed by atoms with Crippen LogP contribution >= 0.6 is 7.94 Å². The lowest BCUT2D eigenvalue weighted by Crippen LogP contribution is -2.30. The zero-order valence-corrected chi connectivity index (χ0v) is 22.4. The van der Waals surface area contributed by atoms with Gasteiger partial charge in [-0.05, 0) is 46.1 Å². The number of non-ortho nitro benzene ring substituents is 1. The standard InChI is InChI=1S/C25H36N2O7P/c1-8-11-16(3)33-35(31,34-17(4)12-9-2)24-19(6)26-18(5)22(25(28)32-7)23(24)20-13-10-14-21(15-20)27(29)30/h10,13-17,31H,8-9,11-12H2,1-7H3/q+1. The van der Waals surface area contributed by atoms with Gasteiger partial charge >= 0.3 is 13.9 Å². The topological polar surface area (TPSA) is 121 Å². The molecule has 2 aromatic rings. The largest absolute Gasteiger partial charge is 0.465 e. The molecule has 35 heavy (non-hydrogen) atoms. The van der Waals surface area contributed by atoms with Gasteiger partial charge in [-0.1, -0.05) is 38.8 Å². The van der Waals surface area contributed by atoms with E-state index >= 15 is 0 Å². The van der Waals surface area contributed by atoms with Crippen LogP contribution in [0.5, 0.6) is 0 Å². The molecule has 2 atom stereocenters. The molecular weight excluding hydrogens is 471 g/mol. The summed E-state index contributed by atoms with van der Waals surface area (Å²) in [7, 11) is -2.56. The molecule has 0 aliphatic rings. The van der Waals surface area contributed by atoms with E-state index in [2.05, 4.69) is 4.98 Å². The predicted molar refractivity (Wildman–Crippen MR) is 137 cm³/mol. The third-order valence-corrected chi connectivity index (χ3v) is 7.98. The molecule has 0 aliphatic heterocycles. The van der Waals surface area contributed by atoms with Crippen molar-refractivity contribution >= 4 is 24.9 Å². The number of hydrogen-bond donors (Lipinski definition) is 1. The normalized spacial score (nSPS) is 14.7. The van der Waals surface area contributed by atoms with Crippen molar-refractivity contribution in [2.24, 2.45) is 0 Å². The number of carbonyl (C=O) groups excluding carboxylic acids is 1. The van der Waals surface area contributed by atoms with Crippen LogP contribution in [0.2, 0.25) is 0 Å². The quantitative estimate of drug-likeness (QED) is 0.164. The second kappa shape index (κ2) is 12.5. The fraction of sp³-hybridized carbons (Fsp3) is 0.520. The third kappa shape index (κ3) is 6.82. The number of esters is 1. The van der Waals surface area contributed by atoms with Gasteiger partial charge in [-0.25, -0.2) is 4.79 Å². The van der Waals surface area contributed by atoms with Gasteiger partial charge in [-0.2, -0.15) is 13.9 Å². The van der Waals surface area contributed by atoms with E-state index in [0.29, 0.717) is 29.8 Å². The number of hydrogen-bond acceptors (Lipinski definition) is 8.